The van der Waals surface area contributed by atoms with Crippen LogP contribution in [0.3, 0.4) is 0 Å². The smallest absolute Gasteiger partial charge is 0.416 e. The number of hydrogen-bond acceptors (Lipinski definition) is 4. The number of para-hydroxylation sites is 1. The van der Waals surface area contributed by atoms with Gasteiger partial charge in [0.2, 0.25) is 0 Å². The van der Waals surface area contributed by atoms with E-state index in [9.17, 15) is 23.1 Å². The van der Waals surface area contributed by atoms with E-state index in [2.05, 4.69) is 0 Å². The third-order valence-corrected chi connectivity index (χ3v) is 7.94. The third-order valence-electron chi connectivity index (χ3n) is 6.69. The second-order valence-corrected chi connectivity index (χ2v) is 11.3. The van der Waals surface area contributed by atoms with Gasteiger partial charge in [-0.2, -0.15) is 18.3 Å². The highest BCUT2D eigenvalue weighted by atomic mass is 32.2. The number of halogens is 3. The predicted octanol–water partition coefficient (Wildman–Crippen LogP) is 8.48. The minimum atomic E-state index is -4.42. The lowest BCUT2D eigenvalue weighted by Gasteiger charge is -2.23. The summed E-state index contributed by atoms with van der Waals surface area (Å²) in [5.74, 6) is -0.579. The fourth-order valence-electron chi connectivity index (χ4n) is 4.45. The molecule has 0 saturated heterocycles. The van der Waals surface area contributed by atoms with Gasteiger partial charge in [-0.25, -0.2) is 9.48 Å². The molecule has 0 radical (unpaired) electrons. The number of carbonyl (C=O) groups is 1. The van der Waals surface area contributed by atoms with Crippen LogP contribution in [0.1, 0.15) is 41.5 Å². The molecule has 9 heteroatoms. The largest absolute Gasteiger partial charge is 0.478 e. The summed E-state index contributed by atoms with van der Waals surface area (Å²) in [5, 5.41) is 15.0. The van der Waals surface area contributed by atoms with E-state index in [0.29, 0.717) is 11.4 Å². The molecule has 210 valence electrons. The van der Waals surface area contributed by atoms with E-state index in [0.717, 1.165) is 44.8 Å². The fraction of sp³-hybridized carbons (Fsp3) is 0.188. The predicted molar refractivity (Wildman–Crippen MR) is 154 cm³/mol. The van der Waals surface area contributed by atoms with Gasteiger partial charge in [0.15, 0.2) is 5.60 Å². The van der Waals surface area contributed by atoms with Gasteiger partial charge in [-0.05, 0) is 80.4 Å². The first-order valence-corrected chi connectivity index (χ1v) is 13.7. The Morgan fingerprint density at radius 1 is 0.927 bits per heavy atom. The topological polar surface area (TPSA) is 64.4 Å². The highest BCUT2D eigenvalue weighted by molar-refractivity contribution is 7.99. The number of rotatable bonds is 8. The van der Waals surface area contributed by atoms with E-state index >= 15 is 0 Å². The van der Waals surface area contributed by atoms with Gasteiger partial charge in [-0.3, -0.25) is 0 Å². The molecule has 5 nitrogen and oxygen atoms in total. The SMILES string of the molecule is Cc1cc(SC(c2ccccc2)c2nn(-c3ccc(C(F)(F)F)cc3)c3ccccc23)ccc1OC(C)(C)C(=O)O. The number of aliphatic carboxylic acids is 1. The van der Waals surface area contributed by atoms with Crippen LogP contribution < -0.4 is 4.74 Å². The van der Waals surface area contributed by atoms with Gasteiger partial charge in [-0.1, -0.05) is 48.5 Å². The first-order chi connectivity index (χ1) is 19.4. The van der Waals surface area contributed by atoms with Crippen LogP contribution in [0, 0.1) is 6.92 Å². The maximum absolute atomic E-state index is 13.2. The number of thioether (sulfide) groups is 1. The number of alkyl halides is 3. The molecule has 1 atom stereocenters. The molecule has 0 amide bonds. The highest BCUT2D eigenvalue weighted by Crippen LogP contribution is 2.44. The van der Waals surface area contributed by atoms with E-state index in [1.165, 1.54) is 26.0 Å². The lowest BCUT2D eigenvalue weighted by Crippen LogP contribution is -2.38. The molecule has 4 aromatic carbocycles. The summed E-state index contributed by atoms with van der Waals surface area (Å²) in [6.45, 7) is 4.87. The Kier molecular flexibility index (Phi) is 7.57. The van der Waals surface area contributed by atoms with Gasteiger partial charge in [0.05, 0.1) is 27.7 Å². The van der Waals surface area contributed by atoms with Gasteiger partial charge in [-0.15, -0.1) is 11.8 Å². The molecule has 5 aromatic rings. The van der Waals surface area contributed by atoms with Crippen molar-refractivity contribution in [2.24, 2.45) is 0 Å². The van der Waals surface area contributed by atoms with E-state index in [1.807, 2.05) is 73.7 Å². The molecule has 1 unspecified atom stereocenters. The van der Waals surface area contributed by atoms with Crippen molar-refractivity contribution in [3.63, 3.8) is 0 Å². The van der Waals surface area contributed by atoms with Crippen molar-refractivity contribution >= 4 is 28.6 Å². The number of fused-ring (bicyclic) bond motifs is 1. The number of benzene rings is 4. The number of nitrogens with zero attached hydrogens (tertiary/aromatic N) is 2. The lowest BCUT2D eigenvalue weighted by molar-refractivity contribution is -0.152. The minimum absolute atomic E-state index is 0.251. The van der Waals surface area contributed by atoms with Crippen LogP contribution in [0.4, 0.5) is 13.2 Å². The Balaban J connectivity index is 1.57. The Hall–Kier alpha value is -4.24. The number of carboxylic acids is 1. The van der Waals surface area contributed by atoms with Crippen molar-refractivity contribution in [3.05, 3.63) is 119 Å². The van der Waals surface area contributed by atoms with Crippen LogP contribution in [0.2, 0.25) is 0 Å². The Morgan fingerprint density at radius 3 is 2.22 bits per heavy atom. The molecule has 0 aliphatic rings. The van der Waals surface area contributed by atoms with Crippen LogP contribution in [-0.2, 0) is 11.0 Å². The van der Waals surface area contributed by atoms with Gasteiger partial charge >= 0.3 is 12.1 Å². The molecule has 0 spiro atoms. The van der Waals surface area contributed by atoms with Gasteiger partial charge in [0.25, 0.3) is 0 Å². The summed E-state index contributed by atoms with van der Waals surface area (Å²) in [6.07, 6.45) is -4.42. The maximum Gasteiger partial charge on any atom is 0.416 e. The van der Waals surface area contributed by atoms with Crippen LogP contribution in [0.25, 0.3) is 16.6 Å². The Labute approximate surface area is 239 Å². The van der Waals surface area contributed by atoms with E-state index < -0.39 is 23.3 Å². The van der Waals surface area contributed by atoms with Crippen LogP contribution in [0.15, 0.2) is 102 Å². The molecule has 1 aromatic heterocycles. The van der Waals surface area contributed by atoms with Crippen molar-refractivity contribution in [3.8, 4) is 11.4 Å². The summed E-state index contributed by atoms with van der Waals surface area (Å²) in [7, 11) is 0. The van der Waals surface area contributed by atoms with Gasteiger partial charge in [0.1, 0.15) is 5.75 Å². The first kappa shape index (κ1) is 28.3. The maximum atomic E-state index is 13.2. The summed E-state index contributed by atoms with van der Waals surface area (Å²) in [4.78, 5) is 12.5. The van der Waals surface area contributed by atoms with Crippen molar-refractivity contribution in [1.82, 2.24) is 9.78 Å². The zero-order chi connectivity index (χ0) is 29.4. The minimum Gasteiger partial charge on any atom is -0.478 e. The molecular weight excluding hydrogens is 549 g/mol. The summed E-state index contributed by atoms with van der Waals surface area (Å²) >= 11 is 1.57. The molecule has 0 aliphatic carbocycles. The average Bonchev–Trinajstić information content (AvgIpc) is 3.32. The number of hydrogen-bond donors (Lipinski definition) is 1. The van der Waals surface area contributed by atoms with E-state index in [1.54, 1.807) is 22.5 Å². The van der Waals surface area contributed by atoms with Gasteiger partial charge < -0.3 is 9.84 Å². The molecule has 41 heavy (non-hydrogen) atoms. The monoisotopic (exact) mass is 576 g/mol. The summed E-state index contributed by atoms with van der Waals surface area (Å²) < 4.78 is 47.0. The molecule has 0 bridgehead atoms. The number of carboxylic acid groups (broad SMARTS) is 1. The van der Waals surface area contributed by atoms with Crippen molar-refractivity contribution in [2.75, 3.05) is 0 Å². The summed E-state index contributed by atoms with van der Waals surface area (Å²) in [6, 6.07) is 28.1. The van der Waals surface area contributed by atoms with Crippen LogP contribution >= 0.6 is 11.8 Å². The zero-order valence-corrected chi connectivity index (χ0v) is 23.3. The fourth-order valence-corrected chi connectivity index (χ4v) is 5.69. The first-order valence-electron chi connectivity index (χ1n) is 12.8. The van der Waals surface area contributed by atoms with Gasteiger partial charge in [0, 0.05) is 10.3 Å². The highest BCUT2D eigenvalue weighted by Gasteiger charge is 2.31. The molecule has 0 saturated carbocycles. The van der Waals surface area contributed by atoms with Crippen LogP contribution in [-0.4, -0.2) is 26.5 Å². The quantitative estimate of drug-likeness (QED) is 0.188. The molecule has 0 fully saturated rings. The van der Waals surface area contributed by atoms with Crippen molar-refractivity contribution in [2.45, 2.75) is 42.7 Å². The van der Waals surface area contributed by atoms with Crippen molar-refractivity contribution < 1.29 is 27.8 Å². The number of ether oxygens (including phenoxy) is 1. The number of aromatic nitrogens is 2. The molecule has 0 aliphatic heterocycles. The number of aryl methyl sites for hydroxylation is 1. The molecule has 1 heterocycles. The average molecular weight is 577 g/mol. The second kappa shape index (κ2) is 11.0. The summed E-state index contributed by atoms with van der Waals surface area (Å²) in [5.41, 5.74) is 1.76. The Morgan fingerprint density at radius 2 is 1.59 bits per heavy atom. The molecular formula is C32H27F3N2O3S. The lowest BCUT2D eigenvalue weighted by atomic mass is 10.1. The van der Waals surface area contributed by atoms with E-state index in [4.69, 9.17) is 9.84 Å². The van der Waals surface area contributed by atoms with E-state index in [-0.39, 0.29) is 5.25 Å². The van der Waals surface area contributed by atoms with Crippen molar-refractivity contribution in [1.29, 1.82) is 0 Å². The zero-order valence-electron chi connectivity index (χ0n) is 22.5. The Bertz CT molecular complexity index is 1700. The van der Waals surface area contributed by atoms with Crippen LogP contribution in [0.5, 0.6) is 5.75 Å². The standard InChI is InChI=1S/C32H27F3N2O3S/c1-20-19-24(17-18-27(20)40-31(2,3)30(38)39)41-29(21-9-5-4-6-10-21)28-25-11-7-8-12-26(25)37(36-28)23-15-13-22(14-16-23)32(33,34)35/h4-19,29H,1-3H3,(H,38,39). The third kappa shape index (κ3) is 5.95. The molecule has 1 N–H and O–H groups in total. The second-order valence-electron chi connectivity index (χ2n) is 10.1. The molecule has 5 rings (SSSR count). The normalized spacial score (nSPS) is 12.8.